The van der Waals surface area contributed by atoms with Gasteiger partial charge in [0.15, 0.2) is 11.6 Å². The molecule has 0 fully saturated rings. The van der Waals surface area contributed by atoms with Gasteiger partial charge in [0.25, 0.3) is 0 Å². The van der Waals surface area contributed by atoms with Crippen LogP contribution in [0.15, 0.2) is 64.6 Å². The minimum Gasteiger partial charge on any atom is -0.457 e. The molecule has 0 bridgehead atoms. The Balaban J connectivity index is 1.70. The Labute approximate surface area is 153 Å². The predicted octanol–water partition coefficient (Wildman–Crippen LogP) is 5.72. The van der Waals surface area contributed by atoms with Gasteiger partial charge in [0.1, 0.15) is 11.5 Å². The zero-order valence-electron chi connectivity index (χ0n) is 12.8. The molecule has 0 saturated carbocycles. The summed E-state index contributed by atoms with van der Waals surface area (Å²) in [4.78, 5) is 24.8. The Hall–Kier alpha value is -2.62. The van der Waals surface area contributed by atoms with Crippen molar-refractivity contribution in [3.8, 4) is 11.3 Å². The van der Waals surface area contributed by atoms with Crippen LogP contribution in [-0.2, 0) is 0 Å². The molecule has 1 aliphatic carbocycles. The predicted molar refractivity (Wildman–Crippen MR) is 97.2 cm³/mol. The van der Waals surface area contributed by atoms with Gasteiger partial charge in [-0.05, 0) is 36.4 Å². The first-order chi connectivity index (χ1) is 12.0. The molecule has 1 heterocycles. The molecule has 0 amide bonds. The van der Waals surface area contributed by atoms with Gasteiger partial charge < -0.3 is 4.42 Å². The SMILES string of the molecule is O=C1C(=Cc2ccc(-c3ccc(Cl)c(Cl)c3)o2)C(=O)c2ccccc21. The van der Waals surface area contributed by atoms with E-state index in [1.165, 1.54) is 6.08 Å². The monoisotopic (exact) mass is 368 g/mol. The second-order valence-electron chi connectivity index (χ2n) is 5.59. The first-order valence-electron chi connectivity index (χ1n) is 7.50. The van der Waals surface area contributed by atoms with Crippen LogP contribution in [0.2, 0.25) is 10.0 Å². The lowest BCUT2D eigenvalue weighted by molar-refractivity contribution is 0.0990. The van der Waals surface area contributed by atoms with E-state index in [9.17, 15) is 9.59 Å². The van der Waals surface area contributed by atoms with E-state index in [2.05, 4.69) is 0 Å². The molecule has 25 heavy (non-hydrogen) atoms. The first-order valence-corrected chi connectivity index (χ1v) is 8.25. The molecule has 0 N–H and O–H groups in total. The minimum atomic E-state index is -0.284. The van der Waals surface area contributed by atoms with Gasteiger partial charge in [0, 0.05) is 16.7 Å². The summed E-state index contributed by atoms with van der Waals surface area (Å²) in [5.41, 5.74) is 1.72. The Morgan fingerprint density at radius 1 is 0.800 bits per heavy atom. The number of halogens is 2. The Morgan fingerprint density at radius 3 is 2.12 bits per heavy atom. The van der Waals surface area contributed by atoms with E-state index in [0.717, 1.165) is 5.56 Å². The molecule has 4 rings (SSSR count). The number of carbonyl (C=O) groups is 2. The molecule has 3 aromatic rings. The lowest BCUT2D eigenvalue weighted by Crippen LogP contribution is -1.99. The molecule has 122 valence electrons. The van der Waals surface area contributed by atoms with Crippen LogP contribution in [0.25, 0.3) is 17.4 Å². The molecule has 5 heteroatoms. The van der Waals surface area contributed by atoms with Crippen LogP contribution in [-0.4, -0.2) is 11.6 Å². The Kier molecular flexibility index (Phi) is 3.83. The third-order valence-electron chi connectivity index (χ3n) is 4.02. The van der Waals surface area contributed by atoms with E-state index in [0.29, 0.717) is 32.7 Å². The fraction of sp³-hybridized carbons (Fsp3) is 0. The zero-order valence-corrected chi connectivity index (χ0v) is 14.3. The number of rotatable bonds is 2. The number of hydrogen-bond acceptors (Lipinski definition) is 3. The maximum Gasteiger partial charge on any atom is 0.197 e. The van der Waals surface area contributed by atoms with Crippen molar-refractivity contribution >= 4 is 40.8 Å². The van der Waals surface area contributed by atoms with E-state index in [1.54, 1.807) is 54.6 Å². The van der Waals surface area contributed by atoms with Crippen LogP contribution in [0.3, 0.4) is 0 Å². The van der Waals surface area contributed by atoms with Crippen molar-refractivity contribution in [3.05, 3.63) is 87.1 Å². The summed E-state index contributed by atoms with van der Waals surface area (Å²) >= 11 is 11.9. The fourth-order valence-corrected chi connectivity index (χ4v) is 3.08. The summed E-state index contributed by atoms with van der Waals surface area (Å²) in [7, 11) is 0. The highest BCUT2D eigenvalue weighted by Crippen LogP contribution is 2.32. The fourth-order valence-electron chi connectivity index (χ4n) is 2.78. The standard InChI is InChI=1S/C20H10Cl2O3/c21-16-7-5-11(9-17(16)22)18-8-6-12(25-18)10-15-19(23)13-3-1-2-4-14(13)20(15)24/h1-10H. The number of carbonyl (C=O) groups excluding carboxylic acids is 2. The van der Waals surface area contributed by atoms with Gasteiger partial charge in [-0.1, -0.05) is 47.5 Å². The van der Waals surface area contributed by atoms with Crippen molar-refractivity contribution < 1.29 is 14.0 Å². The topological polar surface area (TPSA) is 47.3 Å². The van der Waals surface area contributed by atoms with Gasteiger partial charge in [-0.2, -0.15) is 0 Å². The van der Waals surface area contributed by atoms with E-state index in [4.69, 9.17) is 27.6 Å². The van der Waals surface area contributed by atoms with Crippen LogP contribution in [0.1, 0.15) is 26.5 Å². The molecule has 0 radical (unpaired) electrons. The van der Waals surface area contributed by atoms with Gasteiger partial charge in [0.05, 0.1) is 15.6 Å². The highest BCUT2D eigenvalue weighted by atomic mass is 35.5. The third-order valence-corrected chi connectivity index (χ3v) is 4.76. The van der Waals surface area contributed by atoms with Crippen molar-refractivity contribution in [3.63, 3.8) is 0 Å². The van der Waals surface area contributed by atoms with Crippen LogP contribution in [0, 0.1) is 0 Å². The molecular weight excluding hydrogens is 359 g/mol. The molecule has 0 unspecified atom stereocenters. The van der Waals surface area contributed by atoms with Gasteiger partial charge in [0.2, 0.25) is 0 Å². The van der Waals surface area contributed by atoms with Crippen molar-refractivity contribution in [2.24, 2.45) is 0 Å². The zero-order chi connectivity index (χ0) is 17.6. The molecule has 0 aliphatic heterocycles. The first kappa shape index (κ1) is 15.9. The summed E-state index contributed by atoms with van der Waals surface area (Å²) in [6.07, 6.45) is 1.48. The number of hydrogen-bond donors (Lipinski definition) is 0. The van der Waals surface area contributed by atoms with E-state index < -0.39 is 0 Å². The number of fused-ring (bicyclic) bond motifs is 1. The van der Waals surface area contributed by atoms with Crippen molar-refractivity contribution in [2.75, 3.05) is 0 Å². The molecule has 0 saturated heterocycles. The summed E-state index contributed by atoms with van der Waals surface area (Å²) in [6.45, 7) is 0. The van der Waals surface area contributed by atoms with Crippen molar-refractivity contribution in [1.82, 2.24) is 0 Å². The molecule has 0 spiro atoms. The van der Waals surface area contributed by atoms with Crippen LogP contribution in [0.4, 0.5) is 0 Å². The maximum atomic E-state index is 12.4. The molecule has 2 aromatic carbocycles. The minimum absolute atomic E-state index is 0.108. The largest absolute Gasteiger partial charge is 0.457 e. The van der Waals surface area contributed by atoms with Gasteiger partial charge >= 0.3 is 0 Å². The number of allylic oxidation sites excluding steroid dienone is 1. The van der Waals surface area contributed by atoms with E-state index >= 15 is 0 Å². The molecule has 0 atom stereocenters. The van der Waals surface area contributed by atoms with Crippen LogP contribution in [0.5, 0.6) is 0 Å². The number of Topliss-reactive ketones (excluding diaryl/α,β-unsaturated/α-hetero) is 2. The van der Waals surface area contributed by atoms with Gasteiger partial charge in [-0.3, -0.25) is 9.59 Å². The highest BCUT2D eigenvalue weighted by Gasteiger charge is 2.32. The van der Waals surface area contributed by atoms with Crippen molar-refractivity contribution in [2.45, 2.75) is 0 Å². The molecule has 1 aromatic heterocycles. The number of ketones is 2. The Morgan fingerprint density at radius 2 is 1.48 bits per heavy atom. The summed E-state index contributed by atoms with van der Waals surface area (Å²) in [5.74, 6) is 0.424. The smallest absolute Gasteiger partial charge is 0.197 e. The summed E-state index contributed by atoms with van der Waals surface area (Å²) < 4.78 is 5.74. The second kappa shape index (κ2) is 6.03. The van der Waals surface area contributed by atoms with Crippen molar-refractivity contribution in [1.29, 1.82) is 0 Å². The lowest BCUT2D eigenvalue weighted by atomic mass is 10.1. The van der Waals surface area contributed by atoms with Gasteiger partial charge in [-0.15, -0.1) is 0 Å². The van der Waals surface area contributed by atoms with Crippen LogP contribution < -0.4 is 0 Å². The number of benzene rings is 2. The van der Waals surface area contributed by atoms with E-state index in [1.807, 2.05) is 0 Å². The maximum absolute atomic E-state index is 12.4. The third kappa shape index (κ3) is 2.72. The quantitative estimate of drug-likeness (QED) is 0.429. The van der Waals surface area contributed by atoms with E-state index in [-0.39, 0.29) is 17.1 Å². The molecule has 1 aliphatic rings. The lowest BCUT2D eigenvalue weighted by Gasteiger charge is -1.99. The highest BCUT2D eigenvalue weighted by molar-refractivity contribution is 6.42. The number of furan rings is 1. The normalized spacial score (nSPS) is 13.3. The Bertz CT molecular complexity index is 1020. The summed E-state index contributed by atoms with van der Waals surface area (Å²) in [6, 6.07) is 15.4. The second-order valence-corrected chi connectivity index (χ2v) is 6.41. The molecule has 3 nitrogen and oxygen atoms in total. The van der Waals surface area contributed by atoms with Crippen LogP contribution >= 0.6 is 23.2 Å². The average molecular weight is 369 g/mol. The summed E-state index contributed by atoms with van der Waals surface area (Å²) in [5, 5.41) is 0.881. The van der Waals surface area contributed by atoms with Gasteiger partial charge in [-0.25, -0.2) is 0 Å². The average Bonchev–Trinajstić information content (AvgIpc) is 3.17. The molecular formula is C20H10Cl2O3.